The van der Waals surface area contributed by atoms with Crippen LogP contribution in [-0.2, 0) is 14.8 Å². The number of sulfonamides is 1. The van der Waals surface area contributed by atoms with E-state index in [1.165, 1.54) is 31.7 Å². The normalized spacial score (nSPS) is 18.2. The highest BCUT2D eigenvalue weighted by Gasteiger charge is 2.43. The summed E-state index contributed by atoms with van der Waals surface area (Å²) < 4.78 is 43.2. The van der Waals surface area contributed by atoms with Crippen molar-refractivity contribution < 1.29 is 27.4 Å². The van der Waals surface area contributed by atoms with Crippen LogP contribution in [0.2, 0.25) is 0 Å². The van der Waals surface area contributed by atoms with Gasteiger partial charge in [-0.15, -0.1) is 0 Å². The topological polar surface area (TPSA) is 111 Å². The minimum absolute atomic E-state index is 0.0647. The van der Waals surface area contributed by atoms with Crippen LogP contribution in [0.3, 0.4) is 0 Å². The number of ether oxygens (including phenoxy) is 3. The number of hydrogen-bond acceptors (Lipinski definition) is 8. The van der Waals surface area contributed by atoms with Gasteiger partial charge in [-0.3, -0.25) is 4.79 Å². The molecule has 2 aliphatic heterocycles. The zero-order valence-electron chi connectivity index (χ0n) is 20.1. The minimum atomic E-state index is -3.59. The maximum absolute atomic E-state index is 13.1. The second kappa shape index (κ2) is 10.2. The van der Waals surface area contributed by atoms with Crippen LogP contribution in [0.25, 0.3) is 6.08 Å². The van der Waals surface area contributed by atoms with Gasteiger partial charge in [-0.25, -0.2) is 13.4 Å². The van der Waals surface area contributed by atoms with E-state index in [9.17, 15) is 13.2 Å². The fraction of sp³-hybridized carbons (Fsp3) is 0.458. The van der Waals surface area contributed by atoms with Crippen molar-refractivity contribution in [3.8, 4) is 17.6 Å². The predicted octanol–water partition coefficient (Wildman–Crippen LogP) is 2.22. The van der Waals surface area contributed by atoms with Gasteiger partial charge in [-0.1, -0.05) is 6.07 Å². The number of carbonyl (C=O) groups is 1. The van der Waals surface area contributed by atoms with E-state index in [2.05, 4.69) is 9.97 Å². The first-order valence-electron chi connectivity index (χ1n) is 11.4. The van der Waals surface area contributed by atoms with E-state index >= 15 is 0 Å². The first-order valence-corrected chi connectivity index (χ1v) is 12.8. The zero-order valence-corrected chi connectivity index (χ0v) is 21.0. The Bertz CT molecular complexity index is 1210. The number of carbonyl (C=O) groups excluding carboxylic acids is 1. The molecule has 0 atom stereocenters. The Hall–Kier alpha value is -3.18. The molecule has 1 aromatic heterocycles. The molecule has 2 aliphatic rings. The summed E-state index contributed by atoms with van der Waals surface area (Å²) in [6.45, 7) is 2.11. The summed E-state index contributed by atoms with van der Waals surface area (Å²) in [7, 11) is 0.881. The second-order valence-corrected chi connectivity index (χ2v) is 10.7. The van der Waals surface area contributed by atoms with E-state index in [1.807, 2.05) is 4.90 Å². The average molecular weight is 503 g/mol. The van der Waals surface area contributed by atoms with Gasteiger partial charge in [0.15, 0.2) is 0 Å². The number of piperidine rings is 1. The molecule has 10 nitrogen and oxygen atoms in total. The van der Waals surface area contributed by atoms with Crippen LogP contribution in [0.1, 0.15) is 24.8 Å². The highest BCUT2D eigenvalue weighted by molar-refractivity contribution is 7.89. The van der Waals surface area contributed by atoms with Crippen LogP contribution in [0.15, 0.2) is 41.4 Å². The van der Waals surface area contributed by atoms with E-state index in [0.29, 0.717) is 56.2 Å². The van der Waals surface area contributed by atoms with E-state index in [-0.39, 0.29) is 22.2 Å². The van der Waals surface area contributed by atoms with E-state index in [1.54, 1.807) is 36.5 Å². The molecule has 1 amide bonds. The molecule has 2 saturated heterocycles. The number of nitrogens with zero attached hydrogens (tertiary/aromatic N) is 4. The molecular formula is C24H30N4O6S. The molecule has 2 fully saturated rings. The van der Waals surface area contributed by atoms with Gasteiger partial charge in [-0.05, 0) is 42.9 Å². The standard InChI is InChI=1S/C24H30N4O6S/c1-32-19-5-4-6-20(15-19)35(30,31)28-13-10-24(11-14-28)9-12-27(17-24)21(29)8-7-18-16-25-23(34-3)26-22(18)33-2/h4-8,15-16H,9-14,17H2,1-3H3/b8-7+. The highest BCUT2D eigenvalue weighted by Crippen LogP contribution is 2.41. The minimum Gasteiger partial charge on any atom is -0.497 e. The van der Waals surface area contributed by atoms with Gasteiger partial charge in [0, 0.05) is 44.5 Å². The smallest absolute Gasteiger partial charge is 0.319 e. The van der Waals surface area contributed by atoms with Crippen molar-refractivity contribution in [2.75, 3.05) is 47.5 Å². The lowest BCUT2D eigenvalue weighted by atomic mass is 9.78. The van der Waals surface area contributed by atoms with Crippen molar-refractivity contribution in [3.05, 3.63) is 42.1 Å². The first kappa shape index (κ1) is 24.9. The van der Waals surface area contributed by atoms with Gasteiger partial charge >= 0.3 is 6.01 Å². The lowest BCUT2D eigenvalue weighted by Crippen LogP contribution is -2.44. The Morgan fingerprint density at radius 1 is 1.06 bits per heavy atom. The molecule has 0 aliphatic carbocycles. The third-order valence-electron chi connectivity index (χ3n) is 6.75. The maximum Gasteiger partial charge on any atom is 0.319 e. The number of aromatic nitrogens is 2. The van der Waals surface area contributed by atoms with Crippen LogP contribution in [-0.4, -0.2) is 81.0 Å². The summed E-state index contributed by atoms with van der Waals surface area (Å²) in [5.41, 5.74) is 0.511. The average Bonchev–Trinajstić information content (AvgIpc) is 3.30. The largest absolute Gasteiger partial charge is 0.497 e. The molecule has 188 valence electrons. The van der Waals surface area contributed by atoms with Crippen molar-refractivity contribution in [2.24, 2.45) is 5.41 Å². The summed E-state index contributed by atoms with van der Waals surface area (Å²) in [4.78, 5) is 23.1. The van der Waals surface area contributed by atoms with Gasteiger partial charge in [0.2, 0.25) is 21.8 Å². The van der Waals surface area contributed by atoms with Gasteiger partial charge in [0.05, 0.1) is 31.8 Å². The molecule has 1 spiro atoms. The molecule has 0 unspecified atom stereocenters. The van der Waals surface area contributed by atoms with E-state index < -0.39 is 10.0 Å². The van der Waals surface area contributed by atoms with Gasteiger partial charge in [0.1, 0.15) is 5.75 Å². The summed E-state index contributed by atoms with van der Waals surface area (Å²) in [5, 5.41) is 0. The predicted molar refractivity (Wildman–Crippen MR) is 129 cm³/mol. The number of likely N-dealkylation sites (tertiary alicyclic amines) is 1. The molecule has 4 rings (SSSR count). The summed E-state index contributed by atoms with van der Waals surface area (Å²) >= 11 is 0. The van der Waals surface area contributed by atoms with Crippen molar-refractivity contribution >= 4 is 22.0 Å². The molecule has 0 N–H and O–H groups in total. The molecule has 2 aromatic rings. The molecule has 1 aromatic carbocycles. The number of amides is 1. The summed E-state index contributed by atoms with van der Waals surface area (Å²) in [6.07, 6.45) is 6.95. The van der Waals surface area contributed by atoms with Gasteiger partial charge < -0.3 is 19.1 Å². The van der Waals surface area contributed by atoms with Gasteiger partial charge in [-0.2, -0.15) is 9.29 Å². The van der Waals surface area contributed by atoms with Crippen LogP contribution < -0.4 is 14.2 Å². The SMILES string of the molecule is COc1cccc(S(=O)(=O)N2CCC3(CCN(C(=O)/C=C/c4cnc(OC)nc4OC)C3)CC2)c1. The van der Waals surface area contributed by atoms with Crippen molar-refractivity contribution in [1.29, 1.82) is 0 Å². The Morgan fingerprint density at radius 3 is 2.49 bits per heavy atom. The Labute approximate surface area is 205 Å². The third-order valence-corrected chi connectivity index (χ3v) is 8.65. The number of benzene rings is 1. The fourth-order valence-corrected chi connectivity index (χ4v) is 6.12. The maximum atomic E-state index is 13.1. The van der Waals surface area contributed by atoms with Crippen LogP contribution in [0.5, 0.6) is 17.6 Å². The number of methoxy groups -OCH3 is 3. The van der Waals surface area contributed by atoms with Crippen molar-refractivity contribution in [1.82, 2.24) is 19.2 Å². The van der Waals surface area contributed by atoms with Crippen LogP contribution >= 0.6 is 0 Å². The first-order chi connectivity index (χ1) is 16.8. The molecule has 35 heavy (non-hydrogen) atoms. The molecule has 3 heterocycles. The fourth-order valence-electron chi connectivity index (χ4n) is 4.65. The van der Waals surface area contributed by atoms with E-state index in [0.717, 1.165) is 6.42 Å². The molecule has 0 radical (unpaired) electrons. The van der Waals surface area contributed by atoms with Gasteiger partial charge in [0.25, 0.3) is 0 Å². The Kier molecular flexibility index (Phi) is 7.27. The monoisotopic (exact) mass is 502 g/mol. The Morgan fingerprint density at radius 2 is 1.80 bits per heavy atom. The molecule has 11 heteroatoms. The quantitative estimate of drug-likeness (QED) is 0.530. The Balaban J connectivity index is 1.37. The lowest BCUT2D eigenvalue weighted by molar-refractivity contribution is -0.125. The third kappa shape index (κ3) is 5.25. The highest BCUT2D eigenvalue weighted by atomic mass is 32.2. The summed E-state index contributed by atoms with van der Waals surface area (Å²) in [5.74, 6) is 0.728. The molecular weight excluding hydrogens is 472 g/mol. The number of rotatable bonds is 7. The van der Waals surface area contributed by atoms with Crippen molar-refractivity contribution in [2.45, 2.75) is 24.2 Å². The lowest BCUT2D eigenvalue weighted by Gasteiger charge is -2.38. The number of hydrogen-bond donors (Lipinski definition) is 0. The summed E-state index contributed by atoms with van der Waals surface area (Å²) in [6, 6.07) is 6.73. The zero-order chi connectivity index (χ0) is 25.1. The second-order valence-electron chi connectivity index (χ2n) is 8.75. The molecule has 0 saturated carbocycles. The van der Waals surface area contributed by atoms with E-state index in [4.69, 9.17) is 14.2 Å². The van der Waals surface area contributed by atoms with Crippen LogP contribution in [0, 0.1) is 5.41 Å². The van der Waals surface area contributed by atoms with Crippen molar-refractivity contribution in [3.63, 3.8) is 0 Å². The molecule has 0 bridgehead atoms. The van der Waals surface area contributed by atoms with Crippen LogP contribution in [0.4, 0.5) is 0 Å².